The van der Waals surface area contributed by atoms with Gasteiger partial charge in [0, 0.05) is 38.5 Å². The Morgan fingerprint density at radius 1 is 0.375 bits per heavy atom. The maximum atomic E-state index is 5.10. The smallest absolute Gasteiger partial charge is 0.134 e. The summed E-state index contributed by atoms with van der Waals surface area (Å²) in [6, 6.07) is 71.7. The highest BCUT2D eigenvalue weighted by molar-refractivity contribution is 6.12. The van der Waals surface area contributed by atoms with E-state index < -0.39 is 0 Å². The Morgan fingerprint density at radius 3 is 1.68 bits per heavy atom. The molecule has 10 aromatic rings. The van der Waals surface area contributed by atoms with Gasteiger partial charge in [0.05, 0.1) is 33.8 Å². The molecule has 264 valence electrons. The van der Waals surface area contributed by atoms with E-state index in [9.17, 15) is 0 Å². The van der Waals surface area contributed by atoms with Gasteiger partial charge in [-0.3, -0.25) is 0 Å². The largest absolute Gasteiger partial charge is 0.359 e. The molecule has 1 unspecified atom stereocenters. The molecule has 8 aromatic carbocycles. The molecule has 4 heteroatoms. The van der Waals surface area contributed by atoms with Crippen LogP contribution in [0.25, 0.3) is 71.8 Å². The summed E-state index contributed by atoms with van der Waals surface area (Å²) in [6.07, 6.45) is 2.25. The van der Waals surface area contributed by atoms with Crippen molar-refractivity contribution in [2.45, 2.75) is 6.04 Å². The average molecular weight is 717 g/mol. The lowest BCUT2D eigenvalue weighted by Gasteiger charge is -2.25. The second-order valence-electron chi connectivity index (χ2n) is 14.5. The first-order chi connectivity index (χ1) is 27.8. The molecule has 1 N–H and O–H groups in total. The van der Waals surface area contributed by atoms with Gasteiger partial charge in [0.2, 0.25) is 0 Å². The van der Waals surface area contributed by atoms with Crippen LogP contribution in [0.15, 0.2) is 211 Å². The van der Waals surface area contributed by atoms with Crippen molar-refractivity contribution >= 4 is 55.1 Å². The van der Waals surface area contributed by atoms with Crippen molar-refractivity contribution in [3.63, 3.8) is 0 Å². The Labute approximate surface area is 324 Å². The van der Waals surface area contributed by atoms with Crippen LogP contribution in [0.5, 0.6) is 0 Å². The van der Waals surface area contributed by atoms with Crippen molar-refractivity contribution in [1.82, 2.24) is 14.5 Å². The second-order valence-corrected chi connectivity index (χ2v) is 14.5. The minimum absolute atomic E-state index is 0.0775. The Hall–Kier alpha value is -7.43. The van der Waals surface area contributed by atoms with Crippen LogP contribution >= 0.6 is 0 Å². The van der Waals surface area contributed by atoms with Crippen LogP contribution in [-0.2, 0) is 0 Å². The van der Waals surface area contributed by atoms with Crippen molar-refractivity contribution in [2.24, 2.45) is 4.99 Å². The molecule has 0 saturated carbocycles. The molecule has 3 heterocycles. The maximum Gasteiger partial charge on any atom is 0.134 e. The highest BCUT2D eigenvalue weighted by Gasteiger charge is 2.21. The van der Waals surface area contributed by atoms with Crippen LogP contribution in [0.3, 0.4) is 0 Å². The number of aliphatic imine (C=N–C) groups is 1. The zero-order valence-electron chi connectivity index (χ0n) is 30.5. The highest BCUT2D eigenvalue weighted by Crippen LogP contribution is 2.39. The van der Waals surface area contributed by atoms with Gasteiger partial charge in [-0.1, -0.05) is 146 Å². The van der Waals surface area contributed by atoms with Crippen LogP contribution < -0.4 is 5.32 Å². The quantitative estimate of drug-likeness (QED) is 0.183. The number of benzene rings is 8. The normalized spacial score (nSPS) is 14.2. The van der Waals surface area contributed by atoms with Gasteiger partial charge in [0.15, 0.2) is 0 Å². The van der Waals surface area contributed by atoms with E-state index in [0.717, 1.165) is 28.3 Å². The van der Waals surface area contributed by atoms with Gasteiger partial charge < -0.3 is 14.5 Å². The van der Waals surface area contributed by atoms with E-state index in [0.29, 0.717) is 0 Å². The number of aromatic nitrogens is 2. The molecule has 0 bridgehead atoms. The van der Waals surface area contributed by atoms with Crippen molar-refractivity contribution in [3.8, 4) is 22.5 Å². The van der Waals surface area contributed by atoms with Crippen LogP contribution in [0.2, 0.25) is 0 Å². The summed E-state index contributed by atoms with van der Waals surface area (Å²) < 4.78 is 4.80. The first-order valence-corrected chi connectivity index (χ1v) is 19.2. The monoisotopic (exact) mass is 716 g/mol. The lowest BCUT2D eigenvalue weighted by Crippen LogP contribution is -2.31. The SMILES string of the molecule is C1=C(c2ccccc2)N=C(c2ccccc2)NC1c1cccc(-n2c3ccccc3c3ccc(-c4ccc5c(c4)c4ccccc4n5-c4ccccc4)cc32)c1. The summed E-state index contributed by atoms with van der Waals surface area (Å²) in [4.78, 5) is 5.10. The minimum Gasteiger partial charge on any atom is -0.359 e. The van der Waals surface area contributed by atoms with Crippen LogP contribution in [-0.4, -0.2) is 15.0 Å². The molecule has 0 aliphatic carbocycles. The molecule has 1 atom stereocenters. The van der Waals surface area contributed by atoms with E-state index in [-0.39, 0.29) is 6.04 Å². The van der Waals surface area contributed by atoms with Crippen LogP contribution in [0.4, 0.5) is 0 Å². The van der Waals surface area contributed by atoms with Crippen molar-refractivity contribution in [2.75, 3.05) is 0 Å². The van der Waals surface area contributed by atoms with Gasteiger partial charge in [-0.15, -0.1) is 0 Å². The van der Waals surface area contributed by atoms with E-state index >= 15 is 0 Å². The second kappa shape index (κ2) is 13.2. The number of amidine groups is 1. The fraction of sp³-hybridized carbons (Fsp3) is 0.0192. The molecular weight excluding hydrogens is 681 g/mol. The number of hydrogen-bond donors (Lipinski definition) is 1. The Morgan fingerprint density at radius 2 is 0.929 bits per heavy atom. The molecule has 1 aliphatic heterocycles. The zero-order valence-corrected chi connectivity index (χ0v) is 30.5. The standard InChI is InChI=1S/C52H36N4/c1-4-15-35(16-5-1)46-34-47(54-52(53-46)36-17-6-2-7-18-36)39-19-14-22-41(31-39)56-48-25-12-10-23-42(48)44-29-27-38(33-51(44)56)37-28-30-50-45(32-37)43-24-11-13-26-49(43)55(50)40-20-8-3-9-21-40/h1-34,47H,(H,53,54). The summed E-state index contributed by atoms with van der Waals surface area (Å²) in [6.45, 7) is 0. The summed E-state index contributed by atoms with van der Waals surface area (Å²) in [5, 5.41) is 8.73. The van der Waals surface area contributed by atoms with Gasteiger partial charge in [-0.2, -0.15) is 0 Å². The minimum atomic E-state index is -0.0775. The predicted octanol–water partition coefficient (Wildman–Crippen LogP) is 12.7. The lowest BCUT2D eigenvalue weighted by molar-refractivity contribution is 0.780. The van der Waals surface area contributed by atoms with E-state index in [1.54, 1.807) is 0 Å². The Balaban J connectivity index is 1.05. The molecular formula is C52H36N4. The fourth-order valence-corrected chi connectivity index (χ4v) is 8.52. The van der Waals surface area contributed by atoms with E-state index in [4.69, 9.17) is 4.99 Å². The molecule has 11 rings (SSSR count). The molecule has 4 nitrogen and oxygen atoms in total. The summed E-state index contributed by atoms with van der Waals surface area (Å²) >= 11 is 0. The molecule has 0 saturated heterocycles. The first-order valence-electron chi connectivity index (χ1n) is 19.2. The summed E-state index contributed by atoms with van der Waals surface area (Å²) in [7, 11) is 0. The molecule has 2 aromatic heterocycles. The van der Waals surface area contributed by atoms with Crippen LogP contribution in [0.1, 0.15) is 22.7 Å². The van der Waals surface area contributed by atoms with Gasteiger partial charge >= 0.3 is 0 Å². The third-order valence-electron chi connectivity index (χ3n) is 11.1. The molecule has 1 aliphatic rings. The van der Waals surface area contributed by atoms with Gasteiger partial charge in [-0.05, 0) is 82.9 Å². The third kappa shape index (κ3) is 5.34. The average Bonchev–Trinajstić information content (AvgIpc) is 3.79. The number of fused-ring (bicyclic) bond motifs is 6. The highest BCUT2D eigenvalue weighted by atomic mass is 15.1. The molecule has 56 heavy (non-hydrogen) atoms. The van der Waals surface area contributed by atoms with E-state index in [1.807, 2.05) is 12.1 Å². The predicted molar refractivity (Wildman–Crippen MR) is 234 cm³/mol. The van der Waals surface area contributed by atoms with Gasteiger partial charge in [0.1, 0.15) is 5.84 Å². The lowest BCUT2D eigenvalue weighted by atomic mass is 9.99. The number of rotatable bonds is 6. The number of nitrogens with one attached hydrogen (secondary N) is 1. The molecule has 0 fully saturated rings. The Bertz CT molecular complexity index is 3150. The number of nitrogens with zero attached hydrogens (tertiary/aromatic N) is 3. The van der Waals surface area contributed by atoms with Crippen molar-refractivity contribution in [3.05, 3.63) is 223 Å². The van der Waals surface area contributed by atoms with Crippen LogP contribution in [0, 0.1) is 0 Å². The van der Waals surface area contributed by atoms with Crippen molar-refractivity contribution in [1.29, 1.82) is 0 Å². The summed E-state index contributed by atoms with van der Waals surface area (Å²) in [5.74, 6) is 0.868. The molecule has 0 spiro atoms. The Kier molecular flexibility index (Phi) is 7.52. The topological polar surface area (TPSA) is 34.2 Å². The van der Waals surface area contributed by atoms with Gasteiger partial charge in [0.25, 0.3) is 0 Å². The summed E-state index contributed by atoms with van der Waals surface area (Å²) in [5.41, 5.74) is 13.7. The maximum absolute atomic E-state index is 5.10. The van der Waals surface area contributed by atoms with E-state index in [1.165, 1.54) is 66.0 Å². The molecule has 0 radical (unpaired) electrons. The third-order valence-corrected chi connectivity index (χ3v) is 11.1. The number of hydrogen-bond acceptors (Lipinski definition) is 2. The van der Waals surface area contributed by atoms with E-state index in [2.05, 4.69) is 209 Å². The molecule has 0 amide bonds. The van der Waals surface area contributed by atoms with Crippen molar-refractivity contribution < 1.29 is 0 Å². The first kappa shape index (κ1) is 32.0. The fourth-order valence-electron chi connectivity index (χ4n) is 8.52. The van der Waals surface area contributed by atoms with Gasteiger partial charge in [-0.25, -0.2) is 4.99 Å². The number of para-hydroxylation sites is 3. The zero-order chi connectivity index (χ0) is 37.0.